The van der Waals surface area contributed by atoms with E-state index in [0.29, 0.717) is 0 Å². The van der Waals surface area contributed by atoms with Crippen molar-refractivity contribution in [2.75, 3.05) is 26.2 Å². The van der Waals surface area contributed by atoms with Crippen LogP contribution < -0.4 is 5.32 Å². The number of nitrogens with zero attached hydrogens (tertiary/aromatic N) is 1. The maximum atomic E-state index is 9.98. The van der Waals surface area contributed by atoms with Gasteiger partial charge >= 0.3 is 0 Å². The normalized spacial score (nSPS) is 16.6. The summed E-state index contributed by atoms with van der Waals surface area (Å²) in [6.07, 6.45) is 2.66. The van der Waals surface area contributed by atoms with Crippen LogP contribution in [0, 0.1) is 0 Å². The average molecular weight is 321 g/mol. The molecular weight excluding hydrogens is 299 g/mol. The maximum Gasteiger partial charge on any atom is 0.124 e. The van der Waals surface area contributed by atoms with Crippen molar-refractivity contribution in [1.82, 2.24) is 10.2 Å². The van der Waals surface area contributed by atoms with E-state index in [1.807, 2.05) is 6.08 Å². The Hall–Kier alpha value is -0.940. The van der Waals surface area contributed by atoms with E-state index in [4.69, 9.17) is 0 Å². The van der Waals surface area contributed by atoms with Crippen LogP contribution in [0.5, 0.6) is 11.5 Å². The highest BCUT2D eigenvalue weighted by atomic mass is 35.5. The van der Waals surface area contributed by atoms with Crippen LogP contribution in [0.2, 0.25) is 0 Å². The maximum absolute atomic E-state index is 9.98. The van der Waals surface area contributed by atoms with E-state index in [-0.39, 0.29) is 42.4 Å². The standard InChI is InChI=1S/C14H20N2O2.2ClH/c1-2-3-13(16-8-6-15-7-9-16)12-5-4-11(17)10-14(12)18;;/h2,4-5,10,13,15,17-18H,1,3,6-9H2;2*1H/t13-;;/m0../s1. The second-order valence-electron chi connectivity index (χ2n) is 4.57. The number of halogens is 2. The molecular formula is C14H22Cl2N2O2. The molecule has 1 aliphatic heterocycles. The van der Waals surface area contributed by atoms with Gasteiger partial charge in [-0.1, -0.05) is 12.1 Å². The number of piperazine rings is 1. The Kier molecular flexibility index (Phi) is 8.65. The lowest BCUT2D eigenvalue weighted by Crippen LogP contribution is -2.45. The SMILES string of the molecule is C=CC[C@@H](c1ccc(O)cc1O)N1CCNCC1.Cl.Cl. The summed E-state index contributed by atoms with van der Waals surface area (Å²) in [6.45, 7) is 7.64. The zero-order chi connectivity index (χ0) is 13.0. The summed E-state index contributed by atoms with van der Waals surface area (Å²) in [6, 6.07) is 4.94. The van der Waals surface area contributed by atoms with Crippen molar-refractivity contribution in [3.05, 3.63) is 36.4 Å². The minimum atomic E-state index is 0. The van der Waals surface area contributed by atoms with Gasteiger partial charge in [-0.2, -0.15) is 0 Å². The molecule has 20 heavy (non-hydrogen) atoms. The number of phenolic OH excluding ortho intramolecular Hbond substituents is 2. The first kappa shape index (κ1) is 19.1. The van der Waals surface area contributed by atoms with Gasteiger partial charge in [0.15, 0.2) is 0 Å². The number of aromatic hydroxyl groups is 2. The molecule has 0 amide bonds. The van der Waals surface area contributed by atoms with Gasteiger partial charge in [0, 0.05) is 43.9 Å². The van der Waals surface area contributed by atoms with Gasteiger partial charge in [-0.05, 0) is 12.5 Å². The van der Waals surface area contributed by atoms with Gasteiger partial charge in [0.2, 0.25) is 0 Å². The van der Waals surface area contributed by atoms with E-state index < -0.39 is 0 Å². The quantitative estimate of drug-likeness (QED) is 0.746. The molecule has 0 aromatic heterocycles. The van der Waals surface area contributed by atoms with E-state index >= 15 is 0 Å². The van der Waals surface area contributed by atoms with Crippen molar-refractivity contribution in [3.8, 4) is 11.5 Å². The fourth-order valence-electron chi connectivity index (χ4n) is 2.44. The number of rotatable bonds is 4. The molecule has 1 heterocycles. The molecule has 1 aromatic carbocycles. The van der Waals surface area contributed by atoms with E-state index in [2.05, 4.69) is 16.8 Å². The smallest absolute Gasteiger partial charge is 0.124 e. The highest BCUT2D eigenvalue weighted by molar-refractivity contribution is 5.85. The zero-order valence-electron chi connectivity index (χ0n) is 11.3. The molecule has 1 aromatic rings. The van der Waals surface area contributed by atoms with Gasteiger partial charge < -0.3 is 15.5 Å². The number of hydrogen-bond donors (Lipinski definition) is 3. The molecule has 0 saturated carbocycles. The molecule has 0 radical (unpaired) electrons. The summed E-state index contributed by atoms with van der Waals surface area (Å²) < 4.78 is 0. The highest BCUT2D eigenvalue weighted by Gasteiger charge is 2.23. The first-order valence-electron chi connectivity index (χ1n) is 6.30. The minimum absolute atomic E-state index is 0. The van der Waals surface area contributed by atoms with Gasteiger partial charge in [0.05, 0.1) is 0 Å². The lowest BCUT2D eigenvalue weighted by atomic mass is 10.00. The van der Waals surface area contributed by atoms with Gasteiger partial charge in [0.1, 0.15) is 11.5 Å². The Morgan fingerprint density at radius 3 is 2.45 bits per heavy atom. The second-order valence-corrected chi connectivity index (χ2v) is 4.57. The summed E-state index contributed by atoms with van der Waals surface area (Å²) in [5.74, 6) is 0.245. The van der Waals surface area contributed by atoms with Crippen molar-refractivity contribution >= 4 is 24.8 Å². The molecule has 6 heteroatoms. The molecule has 1 saturated heterocycles. The van der Waals surface area contributed by atoms with Gasteiger partial charge in [-0.15, -0.1) is 31.4 Å². The van der Waals surface area contributed by atoms with Gasteiger partial charge in [0.25, 0.3) is 0 Å². The van der Waals surface area contributed by atoms with Crippen LogP contribution in [0.1, 0.15) is 18.0 Å². The van der Waals surface area contributed by atoms with Crippen molar-refractivity contribution in [2.45, 2.75) is 12.5 Å². The molecule has 1 atom stereocenters. The number of hydrogen-bond acceptors (Lipinski definition) is 4. The first-order chi connectivity index (χ1) is 8.72. The molecule has 3 N–H and O–H groups in total. The Labute approximate surface area is 132 Å². The van der Waals surface area contributed by atoms with E-state index in [0.717, 1.165) is 38.2 Å². The monoisotopic (exact) mass is 320 g/mol. The second kappa shape index (κ2) is 9.08. The molecule has 0 unspecified atom stereocenters. The topological polar surface area (TPSA) is 55.7 Å². The fraction of sp³-hybridized carbons (Fsp3) is 0.429. The third-order valence-electron chi connectivity index (χ3n) is 3.36. The average Bonchev–Trinajstić information content (AvgIpc) is 2.38. The predicted molar refractivity (Wildman–Crippen MR) is 86.3 cm³/mol. The fourth-order valence-corrected chi connectivity index (χ4v) is 2.44. The van der Waals surface area contributed by atoms with Gasteiger partial charge in [-0.25, -0.2) is 0 Å². The number of phenols is 2. The zero-order valence-corrected chi connectivity index (χ0v) is 12.9. The minimum Gasteiger partial charge on any atom is -0.508 e. The lowest BCUT2D eigenvalue weighted by Gasteiger charge is -2.35. The molecule has 0 spiro atoms. The van der Waals surface area contributed by atoms with Crippen molar-refractivity contribution < 1.29 is 10.2 Å². The summed E-state index contributed by atoms with van der Waals surface area (Å²) in [5, 5.41) is 22.7. The summed E-state index contributed by atoms with van der Waals surface area (Å²) in [7, 11) is 0. The van der Waals surface area contributed by atoms with Crippen LogP contribution in [-0.2, 0) is 0 Å². The largest absolute Gasteiger partial charge is 0.508 e. The molecule has 2 rings (SSSR count). The molecule has 0 bridgehead atoms. The molecule has 1 aliphatic rings. The van der Waals surface area contributed by atoms with Crippen LogP contribution in [0.4, 0.5) is 0 Å². The van der Waals surface area contributed by atoms with Crippen molar-refractivity contribution in [3.63, 3.8) is 0 Å². The predicted octanol–water partition coefficient (Wildman–Crippen LogP) is 2.46. The van der Waals surface area contributed by atoms with E-state index in [1.54, 1.807) is 12.1 Å². The van der Waals surface area contributed by atoms with Crippen LogP contribution in [-0.4, -0.2) is 41.3 Å². The number of benzene rings is 1. The molecule has 4 nitrogen and oxygen atoms in total. The van der Waals surface area contributed by atoms with Crippen molar-refractivity contribution in [1.29, 1.82) is 0 Å². The summed E-state index contributed by atoms with van der Waals surface area (Å²) in [4.78, 5) is 2.34. The van der Waals surface area contributed by atoms with E-state index in [9.17, 15) is 10.2 Å². The Bertz CT molecular complexity index is 424. The van der Waals surface area contributed by atoms with Crippen LogP contribution >= 0.6 is 24.8 Å². The first-order valence-corrected chi connectivity index (χ1v) is 6.30. The summed E-state index contributed by atoms with van der Waals surface area (Å²) >= 11 is 0. The molecule has 1 fully saturated rings. The summed E-state index contributed by atoms with van der Waals surface area (Å²) in [5.41, 5.74) is 0.856. The Balaban J connectivity index is 0.00000180. The molecule has 114 valence electrons. The third kappa shape index (κ3) is 4.56. The third-order valence-corrected chi connectivity index (χ3v) is 3.36. The lowest BCUT2D eigenvalue weighted by molar-refractivity contribution is 0.172. The van der Waals surface area contributed by atoms with Crippen LogP contribution in [0.25, 0.3) is 0 Å². The Morgan fingerprint density at radius 2 is 1.90 bits per heavy atom. The van der Waals surface area contributed by atoms with Crippen LogP contribution in [0.3, 0.4) is 0 Å². The van der Waals surface area contributed by atoms with Crippen molar-refractivity contribution in [2.24, 2.45) is 0 Å². The number of nitrogens with one attached hydrogen (secondary N) is 1. The molecule has 0 aliphatic carbocycles. The van der Waals surface area contributed by atoms with E-state index in [1.165, 1.54) is 6.07 Å². The Morgan fingerprint density at radius 1 is 1.25 bits per heavy atom. The van der Waals surface area contributed by atoms with Crippen LogP contribution in [0.15, 0.2) is 30.9 Å². The van der Waals surface area contributed by atoms with Gasteiger partial charge in [-0.3, -0.25) is 4.90 Å². The highest BCUT2D eigenvalue weighted by Crippen LogP contribution is 2.33.